The summed E-state index contributed by atoms with van der Waals surface area (Å²) < 4.78 is 12.9. The van der Waals surface area contributed by atoms with Crippen LogP contribution in [0.25, 0.3) is 11.1 Å². The fraction of sp³-hybridized carbons (Fsp3) is 0.467. The minimum Gasteiger partial charge on any atom is -0.475 e. The van der Waals surface area contributed by atoms with E-state index >= 15 is 0 Å². The van der Waals surface area contributed by atoms with E-state index in [0.717, 1.165) is 30.8 Å². The van der Waals surface area contributed by atoms with Gasteiger partial charge in [-0.2, -0.15) is 5.10 Å². The van der Waals surface area contributed by atoms with Crippen molar-refractivity contribution in [1.82, 2.24) is 14.8 Å². The average molecular weight is 273 g/mol. The van der Waals surface area contributed by atoms with Gasteiger partial charge in [0.1, 0.15) is 0 Å². The van der Waals surface area contributed by atoms with Crippen LogP contribution in [0.3, 0.4) is 0 Å². The lowest BCUT2D eigenvalue weighted by Gasteiger charge is -2.08. The van der Waals surface area contributed by atoms with E-state index in [1.807, 2.05) is 43.1 Å². The molecule has 106 valence electrons. The number of ether oxygens (including phenoxy) is 2. The van der Waals surface area contributed by atoms with E-state index in [4.69, 9.17) is 9.47 Å². The van der Waals surface area contributed by atoms with Gasteiger partial charge in [0, 0.05) is 36.2 Å². The van der Waals surface area contributed by atoms with Crippen molar-refractivity contribution in [2.45, 2.75) is 32.4 Å². The number of hydrogen-bond donors (Lipinski definition) is 0. The maximum absolute atomic E-state index is 5.54. The normalized spacial score (nSPS) is 18.6. The number of rotatable bonds is 4. The molecule has 20 heavy (non-hydrogen) atoms. The summed E-state index contributed by atoms with van der Waals surface area (Å²) in [5, 5.41) is 4.42. The van der Waals surface area contributed by atoms with E-state index in [1.165, 1.54) is 0 Å². The molecule has 0 amide bonds. The zero-order chi connectivity index (χ0) is 13.9. The highest BCUT2D eigenvalue weighted by Gasteiger charge is 2.18. The Morgan fingerprint density at radius 1 is 1.30 bits per heavy atom. The highest BCUT2D eigenvalue weighted by atomic mass is 16.5. The van der Waals surface area contributed by atoms with Crippen molar-refractivity contribution in [3.8, 4) is 17.0 Å². The molecule has 2 aromatic heterocycles. The lowest BCUT2D eigenvalue weighted by Crippen LogP contribution is -2.08. The highest BCUT2D eigenvalue weighted by molar-refractivity contribution is 5.60. The summed E-state index contributed by atoms with van der Waals surface area (Å²) in [6, 6.07) is 4.27. The van der Waals surface area contributed by atoms with Crippen molar-refractivity contribution in [3.63, 3.8) is 0 Å². The van der Waals surface area contributed by atoms with Gasteiger partial charge in [-0.15, -0.1) is 0 Å². The Morgan fingerprint density at radius 3 is 2.85 bits per heavy atom. The van der Waals surface area contributed by atoms with Crippen LogP contribution in [0.2, 0.25) is 0 Å². The molecule has 0 aromatic carbocycles. The average Bonchev–Trinajstić information content (AvgIpc) is 3.10. The van der Waals surface area contributed by atoms with Gasteiger partial charge in [0.05, 0.1) is 24.9 Å². The van der Waals surface area contributed by atoms with Crippen molar-refractivity contribution in [3.05, 3.63) is 30.7 Å². The molecular weight excluding hydrogens is 254 g/mol. The molecule has 1 atom stereocenters. The number of nitrogens with zero attached hydrogens (tertiary/aromatic N) is 3. The Labute approximate surface area is 118 Å². The third-order valence-electron chi connectivity index (χ3n) is 3.31. The SMILES string of the molecule is CC(C)Oc1ccc(-c2cnn([C@@H]3CCOC3)c2)cn1. The quantitative estimate of drug-likeness (QED) is 0.859. The summed E-state index contributed by atoms with van der Waals surface area (Å²) in [6.45, 7) is 5.55. The minimum absolute atomic E-state index is 0.137. The predicted octanol–water partition coefficient (Wildman–Crippen LogP) is 2.69. The molecule has 5 heteroatoms. The number of hydrogen-bond acceptors (Lipinski definition) is 4. The smallest absolute Gasteiger partial charge is 0.213 e. The molecule has 3 heterocycles. The molecule has 1 aliphatic rings. The summed E-state index contributed by atoms with van der Waals surface area (Å²) in [6.07, 6.45) is 6.92. The predicted molar refractivity (Wildman–Crippen MR) is 75.7 cm³/mol. The minimum atomic E-state index is 0.137. The van der Waals surface area contributed by atoms with Crippen LogP contribution in [0.4, 0.5) is 0 Å². The monoisotopic (exact) mass is 273 g/mol. The van der Waals surface area contributed by atoms with Crippen LogP contribution in [0.15, 0.2) is 30.7 Å². The van der Waals surface area contributed by atoms with Crippen LogP contribution in [-0.4, -0.2) is 34.1 Å². The first-order valence-corrected chi connectivity index (χ1v) is 6.97. The summed E-state index contributed by atoms with van der Waals surface area (Å²) in [4.78, 5) is 4.32. The van der Waals surface area contributed by atoms with Gasteiger partial charge in [0.2, 0.25) is 5.88 Å². The second-order valence-corrected chi connectivity index (χ2v) is 5.28. The zero-order valence-electron chi connectivity index (χ0n) is 11.8. The van der Waals surface area contributed by atoms with Crippen LogP contribution >= 0.6 is 0 Å². The van der Waals surface area contributed by atoms with Gasteiger partial charge >= 0.3 is 0 Å². The first kappa shape index (κ1) is 13.1. The van der Waals surface area contributed by atoms with E-state index in [1.54, 1.807) is 0 Å². The molecule has 0 spiro atoms. The molecule has 2 aromatic rings. The standard InChI is InChI=1S/C15H19N3O2/c1-11(2)20-15-4-3-12(7-16-15)13-8-17-18(9-13)14-5-6-19-10-14/h3-4,7-9,11,14H,5-6,10H2,1-2H3/t14-/m1/s1. The third kappa shape index (κ3) is 2.82. The van der Waals surface area contributed by atoms with Crippen LogP contribution < -0.4 is 4.74 Å². The third-order valence-corrected chi connectivity index (χ3v) is 3.31. The molecular formula is C15H19N3O2. The summed E-state index contributed by atoms with van der Waals surface area (Å²) in [5.41, 5.74) is 2.12. The van der Waals surface area contributed by atoms with Crippen LogP contribution in [0, 0.1) is 0 Å². The molecule has 1 saturated heterocycles. The Bertz CT molecular complexity index is 557. The molecule has 0 saturated carbocycles. The van der Waals surface area contributed by atoms with Crippen LogP contribution in [0.1, 0.15) is 26.3 Å². The Hall–Kier alpha value is -1.88. The molecule has 0 unspecified atom stereocenters. The Balaban J connectivity index is 1.75. The number of aromatic nitrogens is 3. The number of pyridine rings is 1. The summed E-state index contributed by atoms with van der Waals surface area (Å²) in [7, 11) is 0. The lowest BCUT2D eigenvalue weighted by molar-refractivity contribution is 0.184. The topological polar surface area (TPSA) is 49.2 Å². The Kier molecular flexibility index (Phi) is 3.69. The first-order chi connectivity index (χ1) is 9.72. The maximum atomic E-state index is 5.54. The molecule has 0 bridgehead atoms. The van der Waals surface area contributed by atoms with Gasteiger partial charge in [-0.3, -0.25) is 4.68 Å². The molecule has 0 N–H and O–H groups in total. The fourth-order valence-electron chi connectivity index (χ4n) is 2.28. The van der Waals surface area contributed by atoms with E-state index in [0.29, 0.717) is 11.9 Å². The van der Waals surface area contributed by atoms with Crippen molar-refractivity contribution in [1.29, 1.82) is 0 Å². The van der Waals surface area contributed by atoms with Gasteiger partial charge in [-0.05, 0) is 26.3 Å². The second kappa shape index (κ2) is 5.63. The molecule has 5 nitrogen and oxygen atoms in total. The lowest BCUT2D eigenvalue weighted by atomic mass is 10.2. The molecule has 0 radical (unpaired) electrons. The van der Waals surface area contributed by atoms with Gasteiger partial charge in [-0.25, -0.2) is 4.98 Å². The first-order valence-electron chi connectivity index (χ1n) is 6.97. The highest BCUT2D eigenvalue weighted by Crippen LogP contribution is 2.24. The summed E-state index contributed by atoms with van der Waals surface area (Å²) in [5.74, 6) is 0.653. The molecule has 1 aliphatic heterocycles. The second-order valence-electron chi connectivity index (χ2n) is 5.28. The molecule has 3 rings (SSSR count). The van der Waals surface area contributed by atoms with E-state index in [2.05, 4.69) is 16.3 Å². The zero-order valence-corrected chi connectivity index (χ0v) is 11.8. The fourth-order valence-corrected chi connectivity index (χ4v) is 2.28. The van der Waals surface area contributed by atoms with E-state index < -0.39 is 0 Å². The summed E-state index contributed by atoms with van der Waals surface area (Å²) >= 11 is 0. The van der Waals surface area contributed by atoms with Gasteiger partial charge < -0.3 is 9.47 Å². The van der Waals surface area contributed by atoms with Crippen LogP contribution in [-0.2, 0) is 4.74 Å². The van der Waals surface area contributed by atoms with Gasteiger partial charge in [-0.1, -0.05) is 0 Å². The largest absolute Gasteiger partial charge is 0.475 e. The Morgan fingerprint density at radius 2 is 2.20 bits per heavy atom. The van der Waals surface area contributed by atoms with Crippen LogP contribution in [0.5, 0.6) is 5.88 Å². The van der Waals surface area contributed by atoms with E-state index in [9.17, 15) is 0 Å². The van der Waals surface area contributed by atoms with Crippen molar-refractivity contribution < 1.29 is 9.47 Å². The maximum Gasteiger partial charge on any atom is 0.213 e. The van der Waals surface area contributed by atoms with E-state index in [-0.39, 0.29) is 6.10 Å². The van der Waals surface area contributed by atoms with Crippen molar-refractivity contribution >= 4 is 0 Å². The van der Waals surface area contributed by atoms with Crippen molar-refractivity contribution in [2.24, 2.45) is 0 Å². The van der Waals surface area contributed by atoms with Gasteiger partial charge in [0.15, 0.2) is 0 Å². The molecule has 0 aliphatic carbocycles. The molecule has 1 fully saturated rings. The van der Waals surface area contributed by atoms with Crippen molar-refractivity contribution in [2.75, 3.05) is 13.2 Å². The van der Waals surface area contributed by atoms with Gasteiger partial charge in [0.25, 0.3) is 0 Å².